The van der Waals surface area contributed by atoms with Crippen molar-refractivity contribution >= 4 is 49.3 Å². The van der Waals surface area contributed by atoms with Crippen LogP contribution in [0.15, 0.2) is 39.4 Å². The Bertz CT molecular complexity index is 674. The predicted octanol–water partition coefficient (Wildman–Crippen LogP) is 4.60. The Hall–Kier alpha value is -1.40. The van der Waals surface area contributed by atoms with Crippen LogP contribution in [-0.4, -0.2) is 17.4 Å². The van der Waals surface area contributed by atoms with Gasteiger partial charge in [-0.15, -0.1) is 0 Å². The van der Waals surface area contributed by atoms with Crippen LogP contribution in [0.4, 0.5) is 11.5 Å². The van der Waals surface area contributed by atoms with Gasteiger partial charge in [0, 0.05) is 27.4 Å². The summed E-state index contributed by atoms with van der Waals surface area (Å²) in [7, 11) is 0. The fourth-order valence-corrected chi connectivity index (χ4v) is 2.55. The summed E-state index contributed by atoms with van der Waals surface area (Å²) in [6, 6.07) is 7.46. The molecule has 0 atom stereocenters. The van der Waals surface area contributed by atoms with Crippen molar-refractivity contribution in [1.82, 2.24) is 4.98 Å². The maximum absolute atomic E-state index is 12.5. The monoisotopic (exact) mass is 411 g/mol. The molecular formula is C15H15Br2N3O. The van der Waals surface area contributed by atoms with E-state index in [4.69, 9.17) is 0 Å². The summed E-state index contributed by atoms with van der Waals surface area (Å²) in [4.78, 5) is 16.7. The highest BCUT2D eigenvalue weighted by Gasteiger charge is 2.14. The van der Waals surface area contributed by atoms with Gasteiger partial charge in [0.15, 0.2) is 0 Å². The van der Waals surface area contributed by atoms with Crippen LogP contribution in [0.3, 0.4) is 0 Å². The van der Waals surface area contributed by atoms with Gasteiger partial charge in [-0.1, -0.05) is 22.0 Å². The third-order valence-corrected chi connectivity index (χ3v) is 4.25. The maximum atomic E-state index is 12.5. The highest BCUT2D eigenvalue weighted by Crippen LogP contribution is 2.25. The molecule has 1 aromatic carbocycles. The molecule has 21 heavy (non-hydrogen) atoms. The highest BCUT2D eigenvalue weighted by atomic mass is 79.9. The lowest BCUT2D eigenvalue weighted by Crippen LogP contribution is -2.16. The molecule has 6 heteroatoms. The van der Waals surface area contributed by atoms with Crippen LogP contribution < -0.4 is 10.6 Å². The minimum Gasteiger partial charge on any atom is -0.370 e. The molecule has 1 amide bonds. The predicted molar refractivity (Wildman–Crippen MR) is 92.9 cm³/mol. The number of carbonyl (C=O) groups is 1. The Balaban J connectivity index is 2.32. The van der Waals surface area contributed by atoms with Gasteiger partial charge in [-0.2, -0.15) is 0 Å². The molecule has 0 aliphatic carbocycles. The van der Waals surface area contributed by atoms with Crippen molar-refractivity contribution < 1.29 is 4.79 Å². The number of anilines is 2. The SMILES string of the molecule is CCNc1ncc(Br)cc1C(=O)Nc1cccc(Br)c1C. The van der Waals surface area contributed by atoms with Gasteiger partial charge in [0.2, 0.25) is 0 Å². The molecule has 110 valence electrons. The second kappa shape index (κ2) is 7.04. The molecule has 0 saturated carbocycles. The lowest BCUT2D eigenvalue weighted by Gasteiger charge is -2.12. The van der Waals surface area contributed by atoms with Crippen molar-refractivity contribution in [2.75, 3.05) is 17.2 Å². The molecule has 0 unspecified atom stereocenters. The van der Waals surface area contributed by atoms with Crippen molar-refractivity contribution in [3.05, 3.63) is 50.5 Å². The molecule has 4 nitrogen and oxygen atoms in total. The van der Waals surface area contributed by atoms with E-state index in [1.807, 2.05) is 32.0 Å². The average molecular weight is 413 g/mol. The number of aromatic nitrogens is 1. The van der Waals surface area contributed by atoms with E-state index < -0.39 is 0 Å². The number of benzene rings is 1. The van der Waals surface area contributed by atoms with Crippen molar-refractivity contribution in [3.8, 4) is 0 Å². The summed E-state index contributed by atoms with van der Waals surface area (Å²) in [5, 5.41) is 6.02. The van der Waals surface area contributed by atoms with Gasteiger partial charge in [0.05, 0.1) is 5.56 Å². The van der Waals surface area contributed by atoms with Crippen LogP contribution >= 0.6 is 31.9 Å². The molecule has 2 N–H and O–H groups in total. The van der Waals surface area contributed by atoms with Crippen molar-refractivity contribution in [2.24, 2.45) is 0 Å². The maximum Gasteiger partial charge on any atom is 0.259 e. The van der Waals surface area contributed by atoms with Gasteiger partial charge in [0.25, 0.3) is 5.91 Å². The average Bonchev–Trinajstić information content (AvgIpc) is 2.46. The van der Waals surface area contributed by atoms with Gasteiger partial charge < -0.3 is 10.6 Å². The summed E-state index contributed by atoms with van der Waals surface area (Å²) >= 11 is 6.81. The molecule has 1 aromatic heterocycles. The van der Waals surface area contributed by atoms with Gasteiger partial charge >= 0.3 is 0 Å². The van der Waals surface area contributed by atoms with Gasteiger partial charge in [-0.3, -0.25) is 4.79 Å². The van der Waals surface area contributed by atoms with Crippen LogP contribution in [0.5, 0.6) is 0 Å². The molecule has 1 heterocycles. The Morgan fingerprint density at radius 1 is 1.33 bits per heavy atom. The third kappa shape index (κ3) is 3.83. The first-order valence-electron chi connectivity index (χ1n) is 6.48. The first-order valence-corrected chi connectivity index (χ1v) is 8.07. The molecular weight excluding hydrogens is 398 g/mol. The largest absolute Gasteiger partial charge is 0.370 e. The topological polar surface area (TPSA) is 54.0 Å². The number of rotatable bonds is 4. The lowest BCUT2D eigenvalue weighted by atomic mass is 10.2. The zero-order valence-electron chi connectivity index (χ0n) is 11.7. The quantitative estimate of drug-likeness (QED) is 0.771. The molecule has 0 aliphatic heterocycles. The number of amides is 1. The number of nitrogens with one attached hydrogen (secondary N) is 2. The summed E-state index contributed by atoms with van der Waals surface area (Å²) in [6.07, 6.45) is 1.67. The molecule has 2 aromatic rings. The highest BCUT2D eigenvalue weighted by molar-refractivity contribution is 9.10. The van der Waals surface area contributed by atoms with Crippen LogP contribution in [0.25, 0.3) is 0 Å². The minimum absolute atomic E-state index is 0.194. The Labute approximate surface area is 140 Å². The van der Waals surface area contributed by atoms with Crippen LogP contribution in [0.2, 0.25) is 0 Å². The first kappa shape index (κ1) is 16.0. The number of halogens is 2. The molecule has 0 spiro atoms. The van der Waals surface area contributed by atoms with Crippen molar-refractivity contribution in [1.29, 1.82) is 0 Å². The fraction of sp³-hybridized carbons (Fsp3) is 0.200. The fourth-order valence-electron chi connectivity index (χ4n) is 1.85. The summed E-state index contributed by atoms with van der Waals surface area (Å²) in [6.45, 7) is 4.61. The Morgan fingerprint density at radius 2 is 2.10 bits per heavy atom. The molecule has 0 saturated heterocycles. The zero-order valence-corrected chi connectivity index (χ0v) is 14.9. The lowest BCUT2D eigenvalue weighted by molar-refractivity contribution is 0.102. The molecule has 0 bridgehead atoms. The van der Waals surface area contributed by atoms with Crippen LogP contribution in [-0.2, 0) is 0 Å². The number of nitrogens with zero attached hydrogens (tertiary/aromatic N) is 1. The van der Waals surface area contributed by atoms with E-state index in [-0.39, 0.29) is 5.91 Å². The van der Waals surface area contributed by atoms with Crippen LogP contribution in [0.1, 0.15) is 22.8 Å². The standard InChI is InChI=1S/C15H15Br2N3O/c1-3-18-14-11(7-10(16)8-19-14)15(21)20-13-6-4-5-12(17)9(13)2/h4-8H,3H2,1-2H3,(H,18,19)(H,20,21). The van der Waals surface area contributed by atoms with E-state index in [0.29, 0.717) is 17.9 Å². The number of hydrogen-bond acceptors (Lipinski definition) is 3. The zero-order chi connectivity index (χ0) is 15.4. The van der Waals surface area contributed by atoms with Gasteiger partial charge in [-0.25, -0.2) is 4.98 Å². The first-order chi connectivity index (χ1) is 10.0. The normalized spacial score (nSPS) is 10.3. The summed E-state index contributed by atoms with van der Waals surface area (Å²) in [5.41, 5.74) is 2.27. The molecule has 0 fully saturated rings. The van der Waals surface area contributed by atoms with E-state index >= 15 is 0 Å². The smallest absolute Gasteiger partial charge is 0.259 e. The second-order valence-corrected chi connectivity index (χ2v) is 6.22. The second-order valence-electron chi connectivity index (χ2n) is 4.45. The summed E-state index contributed by atoms with van der Waals surface area (Å²) in [5.74, 6) is 0.381. The Morgan fingerprint density at radius 3 is 2.81 bits per heavy atom. The van der Waals surface area contributed by atoms with Crippen molar-refractivity contribution in [2.45, 2.75) is 13.8 Å². The van der Waals surface area contributed by atoms with E-state index in [1.165, 1.54) is 0 Å². The van der Waals surface area contributed by atoms with Gasteiger partial charge in [-0.05, 0) is 53.5 Å². The van der Waals surface area contributed by atoms with Crippen molar-refractivity contribution in [3.63, 3.8) is 0 Å². The van der Waals surface area contributed by atoms with E-state index in [0.717, 1.165) is 20.2 Å². The number of pyridine rings is 1. The van der Waals surface area contributed by atoms with E-state index in [2.05, 4.69) is 47.5 Å². The number of hydrogen-bond donors (Lipinski definition) is 2. The minimum atomic E-state index is -0.194. The summed E-state index contributed by atoms with van der Waals surface area (Å²) < 4.78 is 1.72. The third-order valence-electron chi connectivity index (χ3n) is 2.96. The van der Waals surface area contributed by atoms with E-state index in [1.54, 1.807) is 12.3 Å². The van der Waals surface area contributed by atoms with Gasteiger partial charge in [0.1, 0.15) is 5.82 Å². The molecule has 2 rings (SSSR count). The molecule has 0 radical (unpaired) electrons. The Kier molecular flexibility index (Phi) is 5.36. The van der Waals surface area contributed by atoms with Crippen LogP contribution in [0, 0.1) is 6.92 Å². The van der Waals surface area contributed by atoms with E-state index in [9.17, 15) is 4.79 Å². The number of carbonyl (C=O) groups excluding carboxylic acids is 1. The molecule has 0 aliphatic rings.